The molecule has 0 bridgehead atoms. The van der Waals surface area contributed by atoms with Crippen molar-refractivity contribution in [2.75, 3.05) is 5.88 Å². The van der Waals surface area contributed by atoms with Crippen molar-refractivity contribution in [3.63, 3.8) is 0 Å². The van der Waals surface area contributed by atoms with Gasteiger partial charge < -0.3 is 5.32 Å². The molecule has 0 aliphatic heterocycles. The molecule has 84 valence electrons. The van der Waals surface area contributed by atoms with Gasteiger partial charge in [0.05, 0.1) is 0 Å². The molecule has 0 aliphatic carbocycles. The number of carbonyl (C=O) groups is 1. The highest BCUT2D eigenvalue weighted by Gasteiger charge is 2.16. The molecule has 0 saturated heterocycles. The molecule has 14 heavy (non-hydrogen) atoms. The monoisotopic (exact) mass is 219 g/mol. The zero-order chi connectivity index (χ0) is 11.1. The SMILES string of the molecule is CCC(C)C(=O)NC(CCl)CC(C)C. The zero-order valence-corrected chi connectivity index (χ0v) is 10.4. The van der Waals surface area contributed by atoms with Crippen LogP contribution >= 0.6 is 11.6 Å². The van der Waals surface area contributed by atoms with E-state index in [2.05, 4.69) is 19.2 Å². The van der Waals surface area contributed by atoms with Gasteiger partial charge in [0.15, 0.2) is 0 Å². The van der Waals surface area contributed by atoms with Gasteiger partial charge in [0.1, 0.15) is 0 Å². The summed E-state index contributed by atoms with van der Waals surface area (Å²) in [4.78, 5) is 11.6. The second-order valence-electron chi connectivity index (χ2n) is 4.30. The first-order valence-corrected chi connectivity index (χ1v) is 5.91. The van der Waals surface area contributed by atoms with Crippen molar-refractivity contribution in [1.82, 2.24) is 5.32 Å². The Morgan fingerprint density at radius 1 is 1.36 bits per heavy atom. The lowest BCUT2D eigenvalue weighted by atomic mass is 10.0. The number of hydrogen-bond donors (Lipinski definition) is 1. The molecule has 1 N–H and O–H groups in total. The molecule has 0 aromatic rings. The average molecular weight is 220 g/mol. The Balaban J connectivity index is 3.98. The van der Waals surface area contributed by atoms with Crippen molar-refractivity contribution in [2.24, 2.45) is 11.8 Å². The smallest absolute Gasteiger partial charge is 0.223 e. The molecule has 1 amide bonds. The number of halogens is 1. The summed E-state index contributed by atoms with van der Waals surface area (Å²) in [6.45, 7) is 8.22. The van der Waals surface area contributed by atoms with Crippen molar-refractivity contribution in [3.8, 4) is 0 Å². The van der Waals surface area contributed by atoms with Gasteiger partial charge in [-0.2, -0.15) is 0 Å². The van der Waals surface area contributed by atoms with E-state index in [0.717, 1.165) is 12.8 Å². The molecule has 0 aromatic carbocycles. The molecule has 0 fully saturated rings. The van der Waals surface area contributed by atoms with E-state index in [-0.39, 0.29) is 17.9 Å². The summed E-state index contributed by atoms with van der Waals surface area (Å²) in [7, 11) is 0. The summed E-state index contributed by atoms with van der Waals surface area (Å²) < 4.78 is 0. The third kappa shape index (κ3) is 5.48. The summed E-state index contributed by atoms with van der Waals surface area (Å²) in [5, 5.41) is 2.98. The number of hydrogen-bond acceptors (Lipinski definition) is 1. The molecule has 2 nitrogen and oxygen atoms in total. The molecule has 0 saturated carbocycles. The fourth-order valence-corrected chi connectivity index (χ4v) is 1.46. The van der Waals surface area contributed by atoms with Crippen molar-refractivity contribution >= 4 is 17.5 Å². The highest BCUT2D eigenvalue weighted by molar-refractivity contribution is 6.18. The van der Waals surface area contributed by atoms with E-state index in [1.54, 1.807) is 0 Å². The van der Waals surface area contributed by atoms with Gasteiger partial charge in [-0.3, -0.25) is 4.79 Å². The minimum absolute atomic E-state index is 0.0906. The highest BCUT2D eigenvalue weighted by atomic mass is 35.5. The first kappa shape index (κ1) is 13.8. The van der Waals surface area contributed by atoms with Gasteiger partial charge in [0, 0.05) is 17.8 Å². The second-order valence-corrected chi connectivity index (χ2v) is 4.61. The molecule has 3 heteroatoms. The summed E-state index contributed by atoms with van der Waals surface area (Å²) in [5.41, 5.74) is 0. The second kappa shape index (κ2) is 7.10. The first-order chi connectivity index (χ1) is 6.51. The summed E-state index contributed by atoms with van der Waals surface area (Å²) in [6.07, 6.45) is 1.83. The normalized spacial score (nSPS) is 15.3. The van der Waals surface area contributed by atoms with Crippen LogP contribution in [0.4, 0.5) is 0 Å². The Bertz CT molecular complexity index is 171. The number of amides is 1. The summed E-state index contributed by atoms with van der Waals surface area (Å²) in [6, 6.07) is 0.123. The van der Waals surface area contributed by atoms with Crippen molar-refractivity contribution in [3.05, 3.63) is 0 Å². The molecule has 0 spiro atoms. The lowest BCUT2D eigenvalue weighted by Crippen LogP contribution is -2.39. The fourth-order valence-electron chi connectivity index (χ4n) is 1.26. The predicted octanol–water partition coefficient (Wildman–Crippen LogP) is 2.80. The molecule has 0 rings (SSSR count). The number of nitrogens with one attached hydrogen (secondary N) is 1. The first-order valence-electron chi connectivity index (χ1n) is 5.37. The Morgan fingerprint density at radius 2 is 1.93 bits per heavy atom. The van der Waals surface area contributed by atoms with E-state index in [4.69, 9.17) is 11.6 Å². The summed E-state index contributed by atoms with van der Waals surface area (Å²) >= 11 is 5.79. The third-order valence-electron chi connectivity index (χ3n) is 2.35. The van der Waals surface area contributed by atoms with E-state index in [9.17, 15) is 4.79 Å². The van der Waals surface area contributed by atoms with Crippen molar-refractivity contribution in [2.45, 2.75) is 46.6 Å². The van der Waals surface area contributed by atoms with Crippen molar-refractivity contribution in [1.29, 1.82) is 0 Å². The number of carbonyl (C=O) groups excluding carboxylic acids is 1. The Labute approximate surface area is 92.4 Å². The van der Waals surface area contributed by atoms with Crippen LogP contribution in [-0.4, -0.2) is 17.8 Å². The van der Waals surface area contributed by atoms with Crippen LogP contribution in [0.1, 0.15) is 40.5 Å². The van der Waals surface area contributed by atoms with Gasteiger partial charge >= 0.3 is 0 Å². The van der Waals surface area contributed by atoms with Crippen LogP contribution in [0.5, 0.6) is 0 Å². The maximum Gasteiger partial charge on any atom is 0.223 e. The van der Waals surface area contributed by atoms with Gasteiger partial charge in [-0.15, -0.1) is 11.6 Å². The summed E-state index contributed by atoms with van der Waals surface area (Å²) in [5.74, 6) is 1.28. The van der Waals surface area contributed by atoms with E-state index in [0.29, 0.717) is 11.8 Å². The Kier molecular flexibility index (Phi) is 6.98. The van der Waals surface area contributed by atoms with Crippen LogP contribution in [0.25, 0.3) is 0 Å². The zero-order valence-electron chi connectivity index (χ0n) is 9.64. The van der Waals surface area contributed by atoms with Gasteiger partial charge in [0.25, 0.3) is 0 Å². The van der Waals surface area contributed by atoms with E-state index in [1.165, 1.54) is 0 Å². The molecule has 0 aromatic heterocycles. The lowest BCUT2D eigenvalue weighted by Gasteiger charge is -2.20. The Hall–Kier alpha value is -0.240. The van der Waals surface area contributed by atoms with Crippen LogP contribution in [0.3, 0.4) is 0 Å². The maximum absolute atomic E-state index is 11.6. The standard InChI is InChI=1S/C11H22ClNO/c1-5-9(4)11(14)13-10(7-12)6-8(2)3/h8-10H,5-7H2,1-4H3,(H,13,14). The molecule has 2 atom stereocenters. The third-order valence-corrected chi connectivity index (χ3v) is 2.72. The minimum atomic E-state index is 0.0906. The molecular weight excluding hydrogens is 198 g/mol. The molecule has 2 unspecified atom stereocenters. The molecule has 0 heterocycles. The average Bonchev–Trinajstić information content (AvgIpc) is 2.14. The largest absolute Gasteiger partial charge is 0.352 e. The predicted molar refractivity (Wildman–Crippen MR) is 61.6 cm³/mol. The lowest BCUT2D eigenvalue weighted by molar-refractivity contribution is -0.125. The van der Waals surface area contributed by atoms with Gasteiger partial charge in [-0.1, -0.05) is 27.7 Å². The molecule has 0 aliphatic rings. The van der Waals surface area contributed by atoms with Gasteiger partial charge in [-0.25, -0.2) is 0 Å². The van der Waals surface area contributed by atoms with Crippen LogP contribution < -0.4 is 5.32 Å². The number of alkyl halides is 1. The maximum atomic E-state index is 11.6. The van der Waals surface area contributed by atoms with Crippen LogP contribution in [0.2, 0.25) is 0 Å². The number of rotatable bonds is 6. The highest BCUT2D eigenvalue weighted by Crippen LogP contribution is 2.08. The molecular formula is C11H22ClNO. The quantitative estimate of drug-likeness (QED) is 0.684. The fraction of sp³-hybridized carbons (Fsp3) is 0.909. The Morgan fingerprint density at radius 3 is 2.29 bits per heavy atom. The minimum Gasteiger partial charge on any atom is -0.352 e. The van der Waals surface area contributed by atoms with E-state index < -0.39 is 0 Å². The van der Waals surface area contributed by atoms with E-state index >= 15 is 0 Å². The van der Waals surface area contributed by atoms with Crippen LogP contribution in [0.15, 0.2) is 0 Å². The molecule has 0 radical (unpaired) electrons. The van der Waals surface area contributed by atoms with Crippen LogP contribution in [-0.2, 0) is 4.79 Å². The van der Waals surface area contributed by atoms with Crippen molar-refractivity contribution < 1.29 is 4.79 Å². The van der Waals surface area contributed by atoms with Gasteiger partial charge in [0.2, 0.25) is 5.91 Å². The van der Waals surface area contributed by atoms with Gasteiger partial charge in [-0.05, 0) is 18.8 Å². The van der Waals surface area contributed by atoms with E-state index in [1.807, 2.05) is 13.8 Å². The van der Waals surface area contributed by atoms with Crippen LogP contribution in [0, 0.1) is 11.8 Å². The topological polar surface area (TPSA) is 29.1 Å².